The third-order valence-corrected chi connectivity index (χ3v) is 4.49. The average molecular weight is 334 g/mol. The lowest BCUT2D eigenvalue weighted by molar-refractivity contribution is 0.0768. The molecule has 3 aromatic rings. The molecule has 0 bridgehead atoms. The van der Waals surface area contributed by atoms with Crippen LogP contribution in [0.5, 0.6) is 5.88 Å². The molecule has 4 rings (SSSR count). The molecule has 3 aromatic heterocycles. The first-order valence-electron chi connectivity index (χ1n) is 8.17. The molecule has 0 spiro atoms. The lowest BCUT2D eigenvalue weighted by atomic mass is 9.99. The second-order valence-electron chi connectivity index (χ2n) is 5.89. The van der Waals surface area contributed by atoms with Gasteiger partial charge in [-0.15, -0.1) is 0 Å². The predicted octanol–water partition coefficient (Wildman–Crippen LogP) is 2.90. The summed E-state index contributed by atoms with van der Waals surface area (Å²) in [5.41, 5.74) is 3.78. The van der Waals surface area contributed by atoms with Crippen LogP contribution >= 0.6 is 0 Å². The zero-order chi connectivity index (χ0) is 17.2. The van der Waals surface area contributed by atoms with Crippen LogP contribution in [0.1, 0.15) is 22.3 Å². The highest BCUT2D eigenvalue weighted by Gasteiger charge is 2.23. The zero-order valence-corrected chi connectivity index (χ0v) is 13.9. The number of hydrogen-bond acceptors (Lipinski definition) is 4. The fraction of sp³-hybridized carbons (Fsp3) is 0.211. The summed E-state index contributed by atoms with van der Waals surface area (Å²) >= 11 is 0. The van der Waals surface area contributed by atoms with E-state index in [2.05, 4.69) is 27.1 Å². The Bertz CT molecular complexity index is 961. The molecule has 6 nitrogen and oxygen atoms in total. The number of hydrogen-bond donors (Lipinski definition) is 1. The Morgan fingerprint density at radius 3 is 2.88 bits per heavy atom. The number of methoxy groups -OCH3 is 1. The van der Waals surface area contributed by atoms with Gasteiger partial charge in [-0.25, -0.2) is 9.97 Å². The van der Waals surface area contributed by atoms with E-state index < -0.39 is 0 Å². The number of carbonyl (C=O) groups is 1. The number of ether oxygens (including phenoxy) is 1. The number of H-pyrrole nitrogens is 1. The van der Waals surface area contributed by atoms with Gasteiger partial charge in [-0.2, -0.15) is 0 Å². The van der Waals surface area contributed by atoms with E-state index in [0.717, 1.165) is 23.0 Å². The van der Waals surface area contributed by atoms with Crippen molar-refractivity contribution in [1.29, 1.82) is 0 Å². The van der Waals surface area contributed by atoms with Gasteiger partial charge in [0.2, 0.25) is 5.88 Å². The molecule has 0 unspecified atom stereocenters. The molecule has 6 heteroatoms. The molecule has 25 heavy (non-hydrogen) atoms. The van der Waals surface area contributed by atoms with Gasteiger partial charge in [0.05, 0.1) is 7.11 Å². The quantitative estimate of drug-likeness (QED) is 0.799. The maximum absolute atomic E-state index is 12.7. The summed E-state index contributed by atoms with van der Waals surface area (Å²) in [5.74, 6) is 0.311. The van der Waals surface area contributed by atoms with Crippen LogP contribution in [-0.2, 0) is 0 Å². The molecular formula is C19H18N4O2. The zero-order valence-electron chi connectivity index (χ0n) is 13.9. The van der Waals surface area contributed by atoms with Crippen molar-refractivity contribution in [1.82, 2.24) is 19.9 Å². The maximum Gasteiger partial charge on any atom is 0.259 e. The molecule has 0 saturated carbocycles. The summed E-state index contributed by atoms with van der Waals surface area (Å²) < 4.78 is 5.20. The van der Waals surface area contributed by atoms with Crippen molar-refractivity contribution >= 4 is 22.5 Å². The molecule has 4 heterocycles. The molecule has 0 radical (unpaired) electrons. The van der Waals surface area contributed by atoms with Crippen molar-refractivity contribution in [2.75, 3.05) is 20.2 Å². The van der Waals surface area contributed by atoms with Crippen molar-refractivity contribution in [2.24, 2.45) is 0 Å². The van der Waals surface area contributed by atoms with E-state index in [1.165, 1.54) is 12.7 Å². The van der Waals surface area contributed by atoms with Gasteiger partial charge < -0.3 is 14.6 Å². The van der Waals surface area contributed by atoms with E-state index in [0.29, 0.717) is 24.5 Å². The molecule has 0 aliphatic carbocycles. The second-order valence-corrected chi connectivity index (χ2v) is 5.89. The van der Waals surface area contributed by atoms with Crippen molar-refractivity contribution < 1.29 is 9.53 Å². The van der Waals surface area contributed by atoms with Crippen LogP contribution in [-0.4, -0.2) is 46.0 Å². The number of nitrogens with zero attached hydrogens (tertiary/aromatic N) is 3. The number of aromatic nitrogens is 3. The summed E-state index contributed by atoms with van der Waals surface area (Å²) in [6.45, 7) is 1.23. The van der Waals surface area contributed by atoms with Gasteiger partial charge in [0.25, 0.3) is 5.91 Å². The number of aromatic amines is 1. The van der Waals surface area contributed by atoms with E-state index in [4.69, 9.17) is 4.74 Å². The lowest BCUT2D eigenvalue weighted by Crippen LogP contribution is -2.35. The summed E-state index contributed by atoms with van der Waals surface area (Å²) in [6, 6.07) is 7.50. The summed E-state index contributed by atoms with van der Waals surface area (Å²) in [7, 11) is 1.53. The monoisotopic (exact) mass is 334 g/mol. The summed E-state index contributed by atoms with van der Waals surface area (Å²) in [6.07, 6.45) is 8.30. The Morgan fingerprint density at radius 2 is 2.08 bits per heavy atom. The van der Waals surface area contributed by atoms with Gasteiger partial charge in [0.15, 0.2) is 0 Å². The van der Waals surface area contributed by atoms with Crippen molar-refractivity contribution in [3.8, 4) is 5.88 Å². The van der Waals surface area contributed by atoms with Crippen LogP contribution in [0.4, 0.5) is 0 Å². The third-order valence-electron chi connectivity index (χ3n) is 4.49. The minimum absolute atomic E-state index is 0.0548. The molecule has 0 saturated heterocycles. The van der Waals surface area contributed by atoms with Gasteiger partial charge >= 0.3 is 0 Å². The van der Waals surface area contributed by atoms with Crippen LogP contribution in [0, 0.1) is 0 Å². The SMILES string of the molecule is COc1ncccc1C(=O)N1CC=C(c2c[nH]c3ncccc23)CC1. The van der Waals surface area contributed by atoms with E-state index in [-0.39, 0.29) is 5.91 Å². The first-order chi connectivity index (χ1) is 12.3. The number of fused-ring (bicyclic) bond motifs is 1. The molecule has 0 atom stereocenters. The molecule has 1 amide bonds. The number of rotatable bonds is 3. The molecular weight excluding hydrogens is 316 g/mol. The van der Waals surface area contributed by atoms with E-state index in [1.54, 1.807) is 24.5 Å². The highest BCUT2D eigenvalue weighted by molar-refractivity contribution is 5.97. The van der Waals surface area contributed by atoms with Gasteiger partial charge in [0, 0.05) is 42.6 Å². The number of amides is 1. The smallest absolute Gasteiger partial charge is 0.259 e. The van der Waals surface area contributed by atoms with E-state index >= 15 is 0 Å². The highest BCUT2D eigenvalue weighted by Crippen LogP contribution is 2.29. The van der Waals surface area contributed by atoms with Crippen LogP contribution < -0.4 is 4.74 Å². The van der Waals surface area contributed by atoms with Crippen LogP contribution in [0.2, 0.25) is 0 Å². The van der Waals surface area contributed by atoms with Crippen LogP contribution in [0.15, 0.2) is 48.9 Å². The average Bonchev–Trinajstić information content (AvgIpc) is 3.11. The van der Waals surface area contributed by atoms with Gasteiger partial charge in [-0.3, -0.25) is 4.79 Å². The largest absolute Gasteiger partial charge is 0.480 e. The Morgan fingerprint density at radius 1 is 1.24 bits per heavy atom. The lowest BCUT2D eigenvalue weighted by Gasteiger charge is -2.26. The Labute approximate surface area is 145 Å². The Hall–Kier alpha value is -3.15. The minimum atomic E-state index is -0.0548. The van der Waals surface area contributed by atoms with Crippen molar-refractivity contribution in [3.63, 3.8) is 0 Å². The van der Waals surface area contributed by atoms with Crippen molar-refractivity contribution in [3.05, 3.63) is 60.1 Å². The fourth-order valence-electron chi connectivity index (χ4n) is 3.21. The first kappa shape index (κ1) is 15.4. The molecule has 1 N–H and O–H groups in total. The molecule has 1 aliphatic rings. The summed E-state index contributed by atoms with van der Waals surface area (Å²) in [5, 5.41) is 1.11. The molecule has 0 fully saturated rings. The van der Waals surface area contributed by atoms with Gasteiger partial charge in [-0.1, -0.05) is 6.08 Å². The van der Waals surface area contributed by atoms with Gasteiger partial charge in [0.1, 0.15) is 11.2 Å². The molecule has 0 aromatic carbocycles. The van der Waals surface area contributed by atoms with Crippen LogP contribution in [0.3, 0.4) is 0 Å². The predicted molar refractivity (Wildman–Crippen MR) is 95.4 cm³/mol. The maximum atomic E-state index is 12.7. The molecule has 126 valence electrons. The number of nitrogens with one attached hydrogen (secondary N) is 1. The normalized spacial score (nSPS) is 14.4. The standard InChI is InChI=1S/C19H18N4O2/c1-25-18-15(5-3-9-21-18)19(24)23-10-6-13(7-11-23)16-12-22-17-14(16)4-2-8-20-17/h2-6,8-9,12H,7,10-11H2,1H3,(H,20,22). The third kappa shape index (κ3) is 2.76. The minimum Gasteiger partial charge on any atom is -0.480 e. The first-order valence-corrected chi connectivity index (χ1v) is 8.17. The fourth-order valence-corrected chi connectivity index (χ4v) is 3.21. The van der Waals surface area contributed by atoms with E-state index in [9.17, 15) is 4.79 Å². The number of pyridine rings is 2. The topological polar surface area (TPSA) is 71.1 Å². The van der Waals surface area contributed by atoms with Crippen LogP contribution in [0.25, 0.3) is 16.6 Å². The number of carbonyl (C=O) groups excluding carboxylic acids is 1. The van der Waals surface area contributed by atoms with Gasteiger partial charge in [-0.05, 0) is 36.3 Å². The highest BCUT2D eigenvalue weighted by atomic mass is 16.5. The Balaban J connectivity index is 1.57. The second kappa shape index (κ2) is 6.39. The van der Waals surface area contributed by atoms with Crippen molar-refractivity contribution in [2.45, 2.75) is 6.42 Å². The molecule has 1 aliphatic heterocycles. The summed E-state index contributed by atoms with van der Waals surface area (Å²) in [4.78, 5) is 26.2. The van der Waals surface area contributed by atoms with E-state index in [1.807, 2.05) is 17.2 Å². The Kier molecular flexibility index (Phi) is 3.93.